The molecule has 0 fully saturated rings. The van der Waals surface area contributed by atoms with Crippen LogP contribution in [0.3, 0.4) is 0 Å². The summed E-state index contributed by atoms with van der Waals surface area (Å²) in [6, 6.07) is 21.0. The fourth-order valence-electron chi connectivity index (χ4n) is 3.88. The van der Waals surface area contributed by atoms with E-state index in [9.17, 15) is 4.79 Å². The van der Waals surface area contributed by atoms with Gasteiger partial charge >= 0.3 is 5.97 Å². The van der Waals surface area contributed by atoms with Crippen molar-refractivity contribution in [3.8, 4) is 0 Å². The molecule has 1 N–H and O–H groups in total. The SMILES string of the molecule is CC1=C(C(=O)OCc2ccccc2)[C@H](c2cccnc2)n2c(nc3ccccc32)N1. The highest BCUT2D eigenvalue weighted by molar-refractivity contribution is 5.94. The van der Waals surface area contributed by atoms with E-state index >= 15 is 0 Å². The lowest BCUT2D eigenvalue weighted by Gasteiger charge is -2.30. The van der Waals surface area contributed by atoms with Crippen LogP contribution in [0.5, 0.6) is 0 Å². The number of benzene rings is 2. The zero-order chi connectivity index (χ0) is 20.5. The second-order valence-electron chi connectivity index (χ2n) is 7.21. The van der Waals surface area contributed by atoms with Gasteiger partial charge in [0.1, 0.15) is 6.61 Å². The lowest BCUT2D eigenvalue weighted by molar-refractivity contribution is -0.140. The molecule has 2 aromatic heterocycles. The van der Waals surface area contributed by atoms with Crippen LogP contribution in [0.4, 0.5) is 5.95 Å². The molecular weight excluding hydrogens is 376 g/mol. The van der Waals surface area contributed by atoms with Gasteiger partial charge in [-0.05, 0) is 36.2 Å². The minimum absolute atomic E-state index is 0.216. The van der Waals surface area contributed by atoms with Gasteiger partial charge in [-0.25, -0.2) is 9.78 Å². The van der Waals surface area contributed by atoms with Gasteiger partial charge in [0.15, 0.2) is 0 Å². The smallest absolute Gasteiger partial charge is 0.338 e. The molecule has 0 aliphatic carbocycles. The average Bonchev–Trinajstić information content (AvgIpc) is 3.15. The Morgan fingerprint density at radius 2 is 1.87 bits per heavy atom. The topological polar surface area (TPSA) is 69.0 Å². The number of esters is 1. The van der Waals surface area contributed by atoms with Crippen molar-refractivity contribution in [3.05, 3.63) is 102 Å². The fourth-order valence-corrected chi connectivity index (χ4v) is 3.88. The van der Waals surface area contributed by atoms with Crippen LogP contribution in [-0.4, -0.2) is 20.5 Å². The zero-order valence-electron chi connectivity index (χ0n) is 16.4. The molecule has 148 valence electrons. The molecule has 0 saturated carbocycles. The standard InChI is InChI=1S/C24H20N4O2/c1-16-21(23(29)30-15-17-8-3-2-4-9-17)22(18-10-7-13-25-14-18)28-20-12-6-5-11-19(20)27-24(28)26-16/h2-14,22H,15H2,1H3,(H,26,27)/t22-/m0/s1. The molecule has 0 amide bonds. The van der Waals surface area contributed by atoms with Crippen molar-refractivity contribution >= 4 is 23.0 Å². The number of fused-ring (bicyclic) bond motifs is 3. The maximum Gasteiger partial charge on any atom is 0.338 e. The Morgan fingerprint density at radius 1 is 1.07 bits per heavy atom. The Hall–Kier alpha value is -3.93. The zero-order valence-corrected chi connectivity index (χ0v) is 16.4. The van der Waals surface area contributed by atoms with Gasteiger partial charge in [0.2, 0.25) is 5.95 Å². The number of carbonyl (C=O) groups excluding carboxylic acids is 1. The molecule has 1 atom stereocenters. The van der Waals surface area contributed by atoms with E-state index in [1.165, 1.54) is 0 Å². The van der Waals surface area contributed by atoms with Crippen molar-refractivity contribution in [1.82, 2.24) is 14.5 Å². The Balaban J connectivity index is 1.59. The van der Waals surface area contributed by atoms with Gasteiger partial charge in [-0.2, -0.15) is 0 Å². The number of rotatable bonds is 4. The van der Waals surface area contributed by atoms with Crippen molar-refractivity contribution in [2.24, 2.45) is 0 Å². The monoisotopic (exact) mass is 396 g/mol. The molecule has 30 heavy (non-hydrogen) atoms. The normalized spacial score (nSPS) is 15.6. The first-order valence-corrected chi connectivity index (χ1v) is 9.78. The highest BCUT2D eigenvalue weighted by Gasteiger charge is 2.35. The second-order valence-corrected chi connectivity index (χ2v) is 7.21. The van der Waals surface area contributed by atoms with Crippen molar-refractivity contribution in [2.75, 3.05) is 5.32 Å². The number of allylic oxidation sites excluding steroid dienone is 1. The Bertz CT molecular complexity index is 1250. The summed E-state index contributed by atoms with van der Waals surface area (Å²) in [5, 5.41) is 3.29. The third kappa shape index (κ3) is 3.12. The fraction of sp³-hybridized carbons (Fsp3) is 0.125. The molecule has 6 nitrogen and oxygen atoms in total. The number of ether oxygens (including phenoxy) is 1. The Labute approximate surface area is 173 Å². The minimum Gasteiger partial charge on any atom is -0.457 e. The van der Waals surface area contributed by atoms with E-state index in [-0.39, 0.29) is 18.6 Å². The third-order valence-corrected chi connectivity index (χ3v) is 5.26. The number of para-hydroxylation sites is 2. The molecule has 5 rings (SSSR count). The van der Waals surface area contributed by atoms with E-state index in [1.807, 2.05) is 78.2 Å². The van der Waals surface area contributed by atoms with Crippen LogP contribution in [-0.2, 0) is 16.1 Å². The minimum atomic E-state index is -0.384. The maximum absolute atomic E-state index is 13.3. The summed E-state index contributed by atoms with van der Waals surface area (Å²) in [7, 11) is 0. The number of nitrogens with one attached hydrogen (secondary N) is 1. The first-order valence-electron chi connectivity index (χ1n) is 9.78. The highest BCUT2D eigenvalue weighted by Crippen LogP contribution is 2.39. The molecular formula is C24H20N4O2. The van der Waals surface area contributed by atoms with Crippen LogP contribution in [0, 0.1) is 0 Å². The summed E-state index contributed by atoms with van der Waals surface area (Å²) in [5.41, 5.74) is 4.92. The first-order chi connectivity index (χ1) is 14.7. The molecule has 0 saturated heterocycles. The van der Waals surface area contributed by atoms with Crippen molar-refractivity contribution in [2.45, 2.75) is 19.6 Å². The van der Waals surface area contributed by atoms with E-state index < -0.39 is 0 Å². The van der Waals surface area contributed by atoms with Gasteiger partial charge in [-0.15, -0.1) is 0 Å². The summed E-state index contributed by atoms with van der Waals surface area (Å²) in [6.07, 6.45) is 3.51. The highest BCUT2D eigenvalue weighted by atomic mass is 16.5. The summed E-state index contributed by atoms with van der Waals surface area (Å²) in [6.45, 7) is 2.10. The van der Waals surface area contributed by atoms with E-state index in [0.29, 0.717) is 11.5 Å². The molecule has 2 aromatic carbocycles. The predicted octanol–water partition coefficient (Wildman–Crippen LogP) is 4.46. The van der Waals surface area contributed by atoms with Crippen LogP contribution >= 0.6 is 0 Å². The van der Waals surface area contributed by atoms with E-state index in [2.05, 4.69) is 10.3 Å². The molecule has 1 aliphatic heterocycles. The number of carbonyl (C=O) groups is 1. The van der Waals surface area contributed by atoms with E-state index in [4.69, 9.17) is 9.72 Å². The number of hydrogen-bond acceptors (Lipinski definition) is 5. The summed E-state index contributed by atoms with van der Waals surface area (Å²) >= 11 is 0. The quantitative estimate of drug-likeness (QED) is 0.516. The number of aromatic nitrogens is 3. The number of anilines is 1. The van der Waals surface area contributed by atoms with Gasteiger partial charge < -0.3 is 10.1 Å². The molecule has 3 heterocycles. The third-order valence-electron chi connectivity index (χ3n) is 5.26. The van der Waals surface area contributed by atoms with Crippen LogP contribution in [0.2, 0.25) is 0 Å². The van der Waals surface area contributed by atoms with Crippen LogP contribution in [0.1, 0.15) is 24.1 Å². The second kappa shape index (κ2) is 7.48. The first kappa shape index (κ1) is 18.1. The lowest BCUT2D eigenvalue weighted by Crippen LogP contribution is -2.29. The van der Waals surface area contributed by atoms with E-state index in [1.54, 1.807) is 12.4 Å². The van der Waals surface area contributed by atoms with Crippen molar-refractivity contribution in [1.29, 1.82) is 0 Å². The molecule has 1 aliphatic rings. The molecule has 0 unspecified atom stereocenters. The van der Waals surface area contributed by atoms with Crippen LogP contribution < -0.4 is 5.32 Å². The largest absolute Gasteiger partial charge is 0.457 e. The van der Waals surface area contributed by atoms with Crippen LogP contribution in [0.25, 0.3) is 11.0 Å². The van der Waals surface area contributed by atoms with Gasteiger partial charge in [-0.3, -0.25) is 9.55 Å². The summed E-state index contributed by atoms with van der Waals surface area (Å²) in [5.74, 6) is 0.336. The molecule has 6 heteroatoms. The molecule has 0 spiro atoms. The van der Waals surface area contributed by atoms with Crippen LogP contribution in [0.15, 0.2) is 90.4 Å². The molecule has 0 radical (unpaired) electrons. The van der Waals surface area contributed by atoms with Crippen molar-refractivity contribution in [3.63, 3.8) is 0 Å². The lowest BCUT2D eigenvalue weighted by atomic mass is 9.96. The summed E-state index contributed by atoms with van der Waals surface area (Å²) in [4.78, 5) is 22.3. The van der Waals surface area contributed by atoms with Gasteiger partial charge in [0, 0.05) is 18.1 Å². The Kier molecular flexibility index (Phi) is 4.52. The number of imidazole rings is 1. The van der Waals surface area contributed by atoms with Gasteiger partial charge in [0.05, 0.1) is 22.6 Å². The molecule has 4 aromatic rings. The van der Waals surface area contributed by atoms with Gasteiger partial charge in [-0.1, -0.05) is 48.5 Å². The predicted molar refractivity (Wildman–Crippen MR) is 115 cm³/mol. The van der Waals surface area contributed by atoms with Gasteiger partial charge in [0.25, 0.3) is 0 Å². The summed E-state index contributed by atoms with van der Waals surface area (Å²) < 4.78 is 7.74. The molecule has 0 bridgehead atoms. The van der Waals surface area contributed by atoms with Crippen molar-refractivity contribution < 1.29 is 9.53 Å². The average molecular weight is 396 g/mol. The maximum atomic E-state index is 13.3. The number of nitrogens with zero attached hydrogens (tertiary/aromatic N) is 3. The number of pyridine rings is 1. The number of hydrogen-bond donors (Lipinski definition) is 1. The Morgan fingerprint density at radius 3 is 2.67 bits per heavy atom. The van der Waals surface area contributed by atoms with E-state index in [0.717, 1.165) is 27.9 Å².